The van der Waals surface area contributed by atoms with Gasteiger partial charge >= 0.3 is 0 Å². The molecule has 1 aromatic heterocycles. The number of fused-ring (bicyclic) bond motifs is 1. The number of halogens is 2. The van der Waals surface area contributed by atoms with Crippen molar-refractivity contribution in [2.24, 2.45) is 0 Å². The third-order valence-electron chi connectivity index (χ3n) is 3.52. The number of hydrogen-bond acceptors (Lipinski definition) is 2. The number of rotatable bonds is 3. The molecule has 0 radical (unpaired) electrons. The van der Waals surface area contributed by atoms with Crippen LogP contribution in [0.15, 0.2) is 54.7 Å². The van der Waals surface area contributed by atoms with Gasteiger partial charge in [-0.15, -0.1) is 0 Å². The minimum atomic E-state index is -0.312. The van der Waals surface area contributed by atoms with Crippen molar-refractivity contribution in [1.82, 2.24) is 10.3 Å². The van der Waals surface area contributed by atoms with Gasteiger partial charge in [-0.25, -0.2) is 4.39 Å². The molecular weight excluding hydrogens is 287 g/mol. The fraction of sp³-hybridized carbons (Fsp3) is 0.118. The van der Waals surface area contributed by atoms with Crippen LogP contribution in [0.1, 0.15) is 17.2 Å². The molecule has 0 saturated carbocycles. The Morgan fingerprint density at radius 2 is 2.00 bits per heavy atom. The van der Waals surface area contributed by atoms with Crippen LogP contribution < -0.4 is 5.32 Å². The van der Waals surface area contributed by atoms with E-state index >= 15 is 0 Å². The molecule has 0 spiro atoms. The van der Waals surface area contributed by atoms with Gasteiger partial charge in [0.2, 0.25) is 0 Å². The van der Waals surface area contributed by atoms with E-state index < -0.39 is 0 Å². The average Bonchev–Trinajstić information content (AvgIpc) is 2.50. The van der Waals surface area contributed by atoms with Crippen LogP contribution in [0.25, 0.3) is 10.9 Å². The van der Waals surface area contributed by atoms with Gasteiger partial charge in [-0.1, -0.05) is 29.8 Å². The Balaban J connectivity index is 2.09. The molecule has 1 N–H and O–H groups in total. The highest BCUT2D eigenvalue weighted by molar-refractivity contribution is 6.30. The normalized spacial score (nSPS) is 12.5. The van der Waals surface area contributed by atoms with Crippen LogP contribution in [0.2, 0.25) is 5.02 Å². The molecule has 0 aliphatic carbocycles. The summed E-state index contributed by atoms with van der Waals surface area (Å²) in [5.41, 5.74) is 2.48. The Morgan fingerprint density at radius 1 is 1.14 bits per heavy atom. The van der Waals surface area contributed by atoms with Crippen molar-refractivity contribution in [3.05, 3.63) is 76.7 Å². The minimum Gasteiger partial charge on any atom is -0.309 e. The molecule has 1 atom stereocenters. The maximum absolute atomic E-state index is 14.2. The maximum Gasteiger partial charge on any atom is 0.129 e. The lowest BCUT2D eigenvalue weighted by Crippen LogP contribution is -2.18. The zero-order chi connectivity index (χ0) is 14.8. The third kappa shape index (κ3) is 2.75. The van der Waals surface area contributed by atoms with E-state index in [4.69, 9.17) is 11.6 Å². The molecule has 0 saturated heterocycles. The van der Waals surface area contributed by atoms with Gasteiger partial charge in [0, 0.05) is 22.2 Å². The quantitative estimate of drug-likeness (QED) is 0.778. The molecule has 3 aromatic rings. The molecule has 106 valence electrons. The average molecular weight is 301 g/mol. The van der Waals surface area contributed by atoms with Crippen molar-refractivity contribution in [3.8, 4) is 0 Å². The lowest BCUT2D eigenvalue weighted by molar-refractivity contribution is 0.576. The van der Waals surface area contributed by atoms with Crippen molar-refractivity contribution < 1.29 is 4.39 Å². The van der Waals surface area contributed by atoms with Crippen LogP contribution >= 0.6 is 11.6 Å². The molecule has 0 bridgehead atoms. The number of nitrogens with one attached hydrogen (secondary N) is 1. The zero-order valence-corrected chi connectivity index (χ0v) is 12.2. The van der Waals surface area contributed by atoms with Crippen LogP contribution in [-0.2, 0) is 0 Å². The Morgan fingerprint density at radius 3 is 2.76 bits per heavy atom. The predicted octanol–water partition coefficient (Wildman–Crippen LogP) is 4.34. The van der Waals surface area contributed by atoms with Crippen LogP contribution in [0.5, 0.6) is 0 Å². The van der Waals surface area contributed by atoms with Gasteiger partial charge in [0.15, 0.2) is 0 Å². The van der Waals surface area contributed by atoms with Crippen molar-refractivity contribution in [2.75, 3.05) is 7.05 Å². The topological polar surface area (TPSA) is 24.9 Å². The molecule has 21 heavy (non-hydrogen) atoms. The van der Waals surface area contributed by atoms with E-state index in [1.54, 1.807) is 18.3 Å². The van der Waals surface area contributed by atoms with Crippen molar-refractivity contribution in [2.45, 2.75) is 6.04 Å². The summed E-state index contributed by atoms with van der Waals surface area (Å²) in [7, 11) is 1.81. The summed E-state index contributed by atoms with van der Waals surface area (Å²) in [5, 5.41) is 4.59. The van der Waals surface area contributed by atoms with Gasteiger partial charge in [-0.3, -0.25) is 4.98 Å². The van der Waals surface area contributed by atoms with Crippen molar-refractivity contribution in [1.29, 1.82) is 0 Å². The van der Waals surface area contributed by atoms with Crippen LogP contribution in [0.3, 0.4) is 0 Å². The van der Waals surface area contributed by atoms with Gasteiger partial charge in [-0.2, -0.15) is 0 Å². The van der Waals surface area contributed by atoms with Crippen molar-refractivity contribution in [3.63, 3.8) is 0 Å². The van der Waals surface area contributed by atoms with E-state index in [2.05, 4.69) is 10.3 Å². The minimum absolute atomic E-state index is 0.230. The summed E-state index contributed by atoms with van der Waals surface area (Å²) in [4.78, 5) is 4.30. The molecule has 3 rings (SSSR count). The molecule has 0 fully saturated rings. The number of aromatic nitrogens is 1. The molecule has 2 aromatic carbocycles. The summed E-state index contributed by atoms with van der Waals surface area (Å²) in [6.07, 6.45) is 1.76. The SMILES string of the molecule is CNC(c1ccc2ncccc2c1)c1ccc(Cl)cc1F. The zero-order valence-electron chi connectivity index (χ0n) is 11.5. The molecule has 0 aliphatic heterocycles. The lowest BCUT2D eigenvalue weighted by Gasteiger charge is -2.18. The first-order chi connectivity index (χ1) is 10.2. The highest BCUT2D eigenvalue weighted by Gasteiger charge is 2.16. The van der Waals surface area contributed by atoms with Crippen LogP contribution in [-0.4, -0.2) is 12.0 Å². The summed E-state index contributed by atoms with van der Waals surface area (Å²) in [6.45, 7) is 0. The van der Waals surface area contributed by atoms with Gasteiger partial charge in [-0.05, 0) is 42.9 Å². The van der Waals surface area contributed by atoms with Gasteiger partial charge in [0.25, 0.3) is 0 Å². The Labute approximate surface area is 127 Å². The molecule has 4 heteroatoms. The second-order valence-electron chi connectivity index (χ2n) is 4.84. The lowest BCUT2D eigenvalue weighted by atomic mass is 9.97. The van der Waals surface area contributed by atoms with E-state index in [-0.39, 0.29) is 11.9 Å². The fourth-order valence-electron chi connectivity index (χ4n) is 2.51. The molecule has 1 unspecified atom stereocenters. The van der Waals surface area contributed by atoms with Crippen LogP contribution in [0.4, 0.5) is 4.39 Å². The summed E-state index contributed by atoms with van der Waals surface area (Å²) >= 11 is 5.82. The van der Waals surface area contributed by atoms with E-state index in [0.717, 1.165) is 16.5 Å². The standard InChI is InChI=1S/C17H14ClFN2/c1-20-17(14-6-5-13(18)10-15(14)19)12-4-7-16-11(9-12)3-2-8-21-16/h2-10,17,20H,1H3. The van der Waals surface area contributed by atoms with E-state index in [1.807, 2.05) is 37.4 Å². The van der Waals surface area contributed by atoms with Crippen molar-refractivity contribution >= 4 is 22.5 Å². The molecule has 2 nitrogen and oxygen atoms in total. The fourth-order valence-corrected chi connectivity index (χ4v) is 2.67. The van der Waals surface area contributed by atoms with E-state index in [9.17, 15) is 4.39 Å². The summed E-state index contributed by atoms with van der Waals surface area (Å²) in [5.74, 6) is -0.312. The second-order valence-corrected chi connectivity index (χ2v) is 5.28. The molecular formula is C17H14ClFN2. The van der Waals surface area contributed by atoms with Gasteiger partial charge in [0.1, 0.15) is 5.82 Å². The number of nitrogens with zero attached hydrogens (tertiary/aromatic N) is 1. The van der Waals surface area contributed by atoms with E-state index in [0.29, 0.717) is 10.6 Å². The number of hydrogen-bond donors (Lipinski definition) is 1. The molecule has 0 amide bonds. The van der Waals surface area contributed by atoms with Crippen LogP contribution in [0, 0.1) is 5.82 Å². The summed E-state index contributed by atoms with van der Waals surface area (Å²) in [6, 6.07) is 14.3. The first-order valence-corrected chi connectivity index (χ1v) is 7.04. The first-order valence-electron chi connectivity index (χ1n) is 6.66. The monoisotopic (exact) mass is 300 g/mol. The molecule has 1 heterocycles. The Bertz CT molecular complexity index is 789. The number of benzene rings is 2. The Kier molecular flexibility index (Phi) is 3.86. The number of pyridine rings is 1. The molecule has 0 aliphatic rings. The third-order valence-corrected chi connectivity index (χ3v) is 3.76. The predicted molar refractivity (Wildman–Crippen MR) is 84.1 cm³/mol. The van der Waals surface area contributed by atoms with Gasteiger partial charge in [0.05, 0.1) is 11.6 Å². The highest BCUT2D eigenvalue weighted by Crippen LogP contribution is 2.27. The highest BCUT2D eigenvalue weighted by atomic mass is 35.5. The largest absolute Gasteiger partial charge is 0.309 e. The smallest absolute Gasteiger partial charge is 0.129 e. The Hall–Kier alpha value is -1.97. The first kappa shape index (κ1) is 14.0. The summed E-state index contributed by atoms with van der Waals surface area (Å²) < 4.78 is 14.2. The van der Waals surface area contributed by atoms with E-state index in [1.165, 1.54) is 6.07 Å². The second kappa shape index (κ2) is 5.80. The maximum atomic E-state index is 14.2. The van der Waals surface area contributed by atoms with Gasteiger partial charge < -0.3 is 5.32 Å².